The van der Waals surface area contributed by atoms with Gasteiger partial charge in [-0.15, -0.1) is 0 Å². The van der Waals surface area contributed by atoms with Crippen molar-refractivity contribution < 1.29 is 9.59 Å². The summed E-state index contributed by atoms with van der Waals surface area (Å²) in [6.45, 7) is 5.22. The molecular weight excluding hydrogens is 312 g/mol. The van der Waals surface area contributed by atoms with Crippen molar-refractivity contribution in [3.63, 3.8) is 0 Å². The zero-order chi connectivity index (χ0) is 17.0. The Bertz CT molecular complexity index is 744. The smallest absolute Gasteiger partial charge is 0.244 e. The first kappa shape index (κ1) is 17.0. The molecule has 0 bridgehead atoms. The van der Waals surface area contributed by atoms with Gasteiger partial charge in [-0.2, -0.15) is 0 Å². The lowest BCUT2D eigenvalue weighted by Crippen LogP contribution is -2.36. The predicted molar refractivity (Wildman–Crippen MR) is 94.0 cm³/mol. The summed E-state index contributed by atoms with van der Waals surface area (Å²) < 4.78 is 0. The molecule has 0 fully saturated rings. The van der Waals surface area contributed by atoms with Gasteiger partial charge in [-0.1, -0.05) is 29.8 Å². The first-order valence-corrected chi connectivity index (χ1v) is 7.65. The van der Waals surface area contributed by atoms with Crippen LogP contribution in [0.1, 0.15) is 18.1 Å². The van der Waals surface area contributed by atoms with Gasteiger partial charge in [0.2, 0.25) is 11.8 Å². The molecule has 0 atom stereocenters. The van der Waals surface area contributed by atoms with Crippen LogP contribution in [0, 0.1) is 13.8 Å². The zero-order valence-corrected chi connectivity index (χ0v) is 14.1. The molecular formula is C18H19ClN2O2. The Morgan fingerprint density at radius 2 is 1.87 bits per heavy atom. The number of hydrogen-bond acceptors (Lipinski definition) is 2. The number of nitrogens with zero attached hydrogens (tertiary/aromatic N) is 1. The second kappa shape index (κ2) is 7.29. The third kappa shape index (κ3) is 4.57. The fraction of sp³-hybridized carbons (Fsp3) is 0.222. The summed E-state index contributed by atoms with van der Waals surface area (Å²) in [6.07, 6.45) is 0. The van der Waals surface area contributed by atoms with Gasteiger partial charge in [0.05, 0.1) is 0 Å². The van der Waals surface area contributed by atoms with E-state index in [4.69, 9.17) is 11.6 Å². The van der Waals surface area contributed by atoms with Crippen molar-refractivity contribution in [1.29, 1.82) is 0 Å². The van der Waals surface area contributed by atoms with Gasteiger partial charge >= 0.3 is 0 Å². The Morgan fingerprint density at radius 1 is 1.13 bits per heavy atom. The van der Waals surface area contributed by atoms with Crippen molar-refractivity contribution in [3.8, 4) is 0 Å². The van der Waals surface area contributed by atoms with Gasteiger partial charge in [0.25, 0.3) is 0 Å². The number of carbonyl (C=O) groups is 2. The van der Waals surface area contributed by atoms with E-state index in [2.05, 4.69) is 5.32 Å². The molecule has 5 heteroatoms. The minimum Gasteiger partial charge on any atom is -0.324 e. The highest BCUT2D eigenvalue weighted by Gasteiger charge is 2.16. The van der Waals surface area contributed by atoms with Crippen molar-refractivity contribution in [1.82, 2.24) is 0 Å². The van der Waals surface area contributed by atoms with Crippen LogP contribution in [0.3, 0.4) is 0 Å². The van der Waals surface area contributed by atoms with Crippen LogP contribution in [0.15, 0.2) is 42.5 Å². The summed E-state index contributed by atoms with van der Waals surface area (Å²) >= 11 is 6.05. The molecule has 0 radical (unpaired) electrons. The number of aryl methyl sites for hydroxylation is 2. The van der Waals surface area contributed by atoms with Gasteiger partial charge in [0.15, 0.2) is 0 Å². The lowest BCUT2D eigenvalue weighted by Gasteiger charge is -2.21. The van der Waals surface area contributed by atoms with Crippen molar-refractivity contribution in [2.75, 3.05) is 16.8 Å². The SMILES string of the molecule is CC(=O)N(CC(=O)Nc1ccc(C)c(Cl)c1)c1cccc(C)c1. The van der Waals surface area contributed by atoms with Crippen LogP contribution in [-0.4, -0.2) is 18.4 Å². The Balaban J connectivity index is 2.12. The topological polar surface area (TPSA) is 49.4 Å². The molecule has 2 amide bonds. The van der Waals surface area contributed by atoms with Crippen LogP contribution < -0.4 is 10.2 Å². The second-order valence-corrected chi connectivity index (χ2v) is 5.86. The van der Waals surface area contributed by atoms with E-state index < -0.39 is 0 Å². The number of anilines is 2. The van der Waals surface area contributed by atoms with Gasteiger partial charge in [-0.25, -0.2) is 0 Å². The number of carbonyl (C=O) groups excluding carboxylic acids is 2. The Morgan fingerprint density at radius 3 is 2.48 bits per heavy atom. The van der Waals surface area contributed by atoms with Gasteiger partial charge < -0.3 is 10.2 Å². The number of benzene rings is 2. The summed E-state index contributed by atoms with van der Waals surface area (Å²) in [5, 5.41) is 3.35. The number of hydrogen-bond donors (Lipinski definition) is 1. The van der Waals surface area contributed by atoms with E-state index in [0.29, 0.717) is 16.4 Å². The zero-order valence-electron chi connectivity index (χ0n) is 13.4. The third-order valence-electron chi connectivity index (χ3n) is 3.45. The highest BCUT2D eigenvalue weighted by molar-refractivity contribution is 6.31. The molecule has 2 aromatic rings. The maximum absolute atomic E-state index is 12.2. The first-order valence-electron chi connectivity index (χ1n) is 7.27. The average molecular weight is 331 g/mol. The standard InChI is InChI=1S/C18H19ClN2O2/c1-12-5-4-6-16(9-12)21(14(3)22)11-18(23)20-15-8-7-13(2)17(19)10-15/h4-10H,11H2,1-3H3,(H,20,23). The van der Waals surface area contributed by atoms with Gasteiger partial charge in [-0.3, -0.25) is 9.59 Å². The number of rotatable bonds is 4. The number of halogens is 1. The third-order valence-corrected chi connectivity index (χ3v) is 3.86. The lowest BCUT2D eigenvalue weighted by molar-refractivity contribution is -0.120. The molecule has 1 N–H and O–H groups in total. The van der Waals surface area contributed by atoms with Crippen LogP contribution in [0.5, 0.6) is 0 Å². The van der Waals surface area contributed by atoms with Crippen LogP contribution in [-0.2, 0) is 9.59 Å². The van der Waals surface area contributed by atoms with E-state index in [1.807, 2.05) is 44.2 Å². The highest BCUT2D eigenvalue weighted by atomic mass is 35.5. The van der Waals surface area contributed by atoms with Crippen molar-refractivity contribution in [2.24, 2.45) is 0 Å². The van der Waals surface area contributed by atoms with E-state index in [1.54, 1.807) is 12.1 Å². The summed E-state index contributed by atoms with van der Waals surface area (Å²) in [7, 11) is 0. The normalized spacial score (nSPS) is 10.3. The summed E-state index contributed by atoms with van der Waals surface area (Å²) in [5.41, 5.74) is 3.28. The molecule has 23 heavy (non-hydrogen) atoms. The minimum absolute atomic E-state index is 0.0513. The van der Waals surface area contributed by atoms with Crippen LogP contribution in [0.25, 0.3) is 0 Å². The Kier molecular flexibility index (Phi) is 5.40. The molecule has 0 aliphatic rings. The molecule has 2 rings (SSSR count). The molecule has 0 saturated carbocycles. The largest absolute Gasteiger partial charge is 0.324 e. The maximum Gasteiger partial charge on any atom is 0.244 e. The monoisotopic (exact) mass is 330 g/mol. The fourth-order valence-electron chi connectivity index (χ4n) is 2.20. The molecule has 0 spiro atoms. The van der Waals surface area contributed by atoms with Crippen LogP contribution in [0.2, 0.25) is 5.02 Å². The number of amides is 2. The summed E-state index contributed by atoms with van der Waals surface area (Å²) in [5.74, 6) is -0.464. The van der Waals surface area contributed by atoms with E-state index >= 15 is 0 Å². The van der Waals surface area contributed by atoms with E-state index in [-0.39, 0.29) is 18.4 Å². The second-order valence-electron chi connectivity index (χ2n) is 5.46. The van der Waals surface area contributed by atoms with E-state index in [1.165, 1.54) is 11.8 Å². The molecule has 0 heterocycles. The molecule has 2 aromatic carbocycles. The highest BCUT2D eigenvalue weighted by Crippen LogP contribution is 2.20. The van der Waals surface area contributed by atoms with Gasteiger partial charge in [0.1, 0.15) is 6.54 Å². The fourth-order valence-corrected chi connectivity index (χ4v) is 2.38. The minimum atomic E-state index is -0.276. The van der Waals surface area contributed by atoms with Crippen molar-refractivity contribution in [2.45, 2.75) is 20.8 Å². The van der Waals surface area contributed by atoms with Crippen molar-refractivity contribution >= 4 is 34.8 Å². The molecule has 0 unspecified atom stereocenters. The van der Waals surface area contributed by atoms with Gasteiger partial charge in [-0.05, 0) is 49.2 Å². The van der Waals surface area contributed by atoms with E-state index in [0.717, 1.165) is 11.1 Å². The predicted octanol–water partition coefficient (Wildman–Crippen LogP) is 3.95. The van der Waals surface area contributed by atoms with Crippen LogP contribution in [0.4, 0.5) is 11.4 Å². The quantitative estimate of drug-likeness (QED) is 0.922. The maximum atomic E-state index is 12.2. The average Bonchev–Trinajstić information content (AvgIpc) is 2.48. The molecule has 0 saturated heterocycles. The van der Waals surface area contributed by atoms with E-state index in [9.17, 15) is 9.59 Å². The Hall–Kier alpha value is -2.33. The van der Waals surface area contributed by atoms with Crippen molar-refractivity contribution in [3.05, 3.63) is 58.6 Å². The lowest BCUT2D eigenvalue weighted by atomic mass is 10.2. The molecule has 4 nitrogen and oxygen atoms in total. The first-order chi connectivity index (χ1) is 10.9. The van der Waals surface area contributed by atoms with Crippen LogP contribution >= 0.6 is 11.6 Å². The molecule has 120 valence electrons. The molecule has 0 aliphatic carbocycles. The van der Waals surface area contributed by atoms with Gasteiger partial charge in [0, 0.05) is 23.3 Å². The molecule has 0 aliphatic heterocycles. The molecule has 0 aromatic heterocycles. The summed E-state index contributed by atoms with van der Waals surface area (Å²) in [6, 6.07) is 12.8. The summed E-state index contributed by atoms with van der Waals surface area (Å²) in [4.78, 5) is 25.5. The number of nitrogens with one attached hydrogen (secondary N) is 1. The Labute approximate surface area is 141 Å².